The lowest BCUT2D eigenvalue weighted by Crippen LogP contribution is -2.56. The Morgan fingerprint density at radius 2 is 1.48 bits per heavy atom. The summed E-state index contributed by atoms with van der Waals surface area (Å²) in [6, 6.07) is -4.50. The standard InChI is InChI=1S/C13H23N5O6S/c1-5(10(20)17-6(2)13(23)24)16-12(22)8(4-25)18-11(21)7(14)3-9(15)19/h5-8,25H,3-4,14H2,1-2H3,(H2,15,19)(H,16,22)(H,17,20)(H,18,21)(H,23,24). The SMILES string of the molecule is CC(NC(=O)C(C)NC(=O)C(CS)NC(=O)C(N)CC(N)=O)C(=O)O. The number of aliphatic carboxylic acids is 1. The van der Waals surface area contributed by atoms with Gasteiger partial charge in [0.2, 0.25) is 23.6 Å². The Balaban J connectivity index is 4.67. The summed E-state index contributed by atoms with van der Waals surface area (Å²) in [7, 11) is 0. The average molecular weight is 377 g/mol. The average Bonchev–Trinajstić information content (AvgIpc) is 2.50. The van der Waals surface area contributed by atoms with Crippen molar-refractivity contribution in [2.24, 2.45) is 11.5 Å². The topological polar surface area (TPSA) is 194 Å². The Kier molecular flexibility index (Phi) is 9.53. The number of thiol groups is 1. The van der Waals surface area contributed by atoms with Crippen LogP contribution in [0.5, 0.6) is 0 Å². The maximum Gasteiger partial charge on any atom is 0.325 e. The number of hydrogen-bond acceptors (Lipinski definition) is 7. The van der Waals surface area contributed by atoms with Gasteiger partial charge in [-0.05, 0) is 13.8 Å². The van der Waals surface area contributed by atoms with E-state index in [1.165, 1.54) is 13.8 Å². The highest BCUT2D eigenvalue weighted by molar-refractivity contribution is 7.80. The Labute approximate surface area is 149 Å². The molecule has 0 aliphatic heterocycles. The summed E-state index contributed by atoms with van der Waals surface area (Å²) in [6.45, 7) is 2.61. The van der Waals surface area contributed by atoms with E-state index in [-0.39, 0.29) is 5.75 Å². The highest BCUT2D eigenvalue weighted by atomic mass is 32.1. The van der Waals surface area contributed by atoms with Crippen LogP contribution in [0, 0.1) is 0 Å². The number of amides is 4. The monoisotopic (exact) mass is 377 g/mol. The fraction of sp³-hybridized carbons (Fsp3) is 0.615. The van der Waals surface area contributed by atoms with E-state index in [0.717, 1.165) is 0 Å². The smallest absolute Gasteiger partial charge is 0.325 e. The number of rotatable bonds is 10. The summed E-state index contributed by atoms with van der Waals surface area (Å²) in [5.74, 6) is -4.30. The van der Waals surface area contributed by atoms with Crippen LogP contribution in [0.2, 0.25) is 0 Å². The Morgan fingerprint density at radius 1 is 0.960 bits per heavy atom. The lowest BCUT2D eigenvalue weighted by Gasteiger charge is -2.21. The number of primary amides is 1. The van der Waals surface area contributed by atoms with E-state index < -0.39 is 60.2 Å². The van der Waals surface area contributed by atoms with Gasteiger partial charge < -0.3 is 32.5 Å². The fourth-order valence-corrected chi connectivity index (χ4v) is 1.82. The molecule has 0 aromatic carbocycles. The van der Waals surface area contributed by atoms with Crippen LogP contribution in [0.1, 0.15) is 20.3 Å². The van der Waals surface area contributed by atoms with Crippen molar-refractivity contribution in [3.8, 4) is 0 Å². The van der Waals surface area contributed by atoms with E-state index >= 15 is 0 Å². The predicted molar refractivity (Wildman–Crippen MR) is 90.4 cm³/mol. The van der Waals surface area contributed by atoms with E-state index in [4.69, 9.17) is 16.6 Å². The third kappa shape index (κ3) is 8.35. The van der Waals surface area contributed by atoms with Crippen molar-refractivity contribution >= 4 is 42.2 Å². The van der Waals surface area contributed by atoms with Crippen LogP contribution in [0.25, 0.3) is 0 Å². The zero-order valence-electron chi connectivity index (χ0n) is 13.8. The third-order valence-corrected chi connectivity index (χ3v) is 3.42. The number of carbonyl (C=O) groups excluding carboxylic acids is 4. The van der Waals surface area contributed by atoms with Crippen LogP contribution in [0.4, 0.5) is 0 Å². The molecule has 0 rings (SSSR count). The second kappa shape index (κ2) is 10.5. The van der Waals surface area contributed by atoms with Gasteiger partial charge >= 0.3 is 5.97 Å². The lowest BCUT2D eigenvalue weighted by molar-refractivity contribution is -0.141. The molecule has 0 spiro atoms. The Morgan fingerprint density at radius 3 is 1.92 bits per heavy atom. The zero-order chi connectivity index (χ0) is 19.7. The second-order valence-corrected chi connectivity index (χ2v) is 5.68. The van der Waals surface area contributed by atoms with Crippen molar-refractivity contribution < 1.29 is 29.1 Å². The number of nitrogens with one attached hydrogen (secondary N) is 3. The number of carboxylic acid groups (broad SMARTS) is 1. The van der Waals surface area contributed by atoms with Crippen molar-refractivity contribution in [2.45, 2.75) is 44.4 Å². The summed E-state index contributed by atoms with van der Waals surface area (Å²) in [6.07, 6.45) is -0.390. The molecule has 0 aliphatic carbocycles. The maximum absolute atomic E-state index is 12.1. The highest BCUT2D eigenvalue weighted by Crippen LogP contribution is 1.95. The van der Waals surface area contributed by atoms with Crippen molar-refractivity contribution in [2.75, 3.05) is 5.75 Å². The Bertz CT molecular complexity index is 543. The molecule has 4 atom stereocenters. The Hall–Kier alpha value is -2.34. The van der Waals surface area contributed by atoms with Gasteiger partial charge in [0.25, 0.3) is 0 Å². The van der Waals surface area contributed by atoms with E-state index in [2.05, 4.69) is 28.6 Å². The molecule has 0 fully saturated rings. The summed E-state index contributed by atoms with van der Waals surface area (Å²) in [5, 5.41) is 15.5. The van der Waals surface area contributed by atoms with Gasteiger partial charge in [0.05, 0.1) is 12.5 Å². The normalized spacial score (nSPS) is 15.2. The molecule has 25 heavy (non-hydrogen) atoms. The first-order valence-electron chi connectivity index (χ1n) is 7.28. The molecular formula is C13H23N5O6S. The molecule has 142 valence electrons. The molecule has 0 radical (unpaired) electrons. The first-order chi connectivity index (χ1) is 11.5. The van der Waals surface area contributed by atoms with Gasteiger partial charge in [-0.25, -0.2) is 0 Å². The van der Waals surface area contributed by atoms with E-state index in [1.54, 1.807) is 0 Å². The molecule has 4 amide bonds. The molecule has 0 aromatic heterocycles. The minimum Gasteiger partial charge on any atom is -0.480 e. The molecule has 0 heterocycles. The van der Waals surface area contributed by atoms with Gasteiger partial charge in [-0.3, -0.25) is 24.0 Å². The summed E-state index contributed by atoms with van der Waals surface area (Å²) in [5.41, 5.74) is 10.4. The lowest BCUT2D eigenvalue weighted by atomic mass is 10.1. The molecule has 4 unspecified atom stereocenters. The largest absolute Gasteiger partial charge is 0.480 e. The van der Waals surface area contributed by atoms with Crippen LogP contribution in [-0.2, 0) is 24.0 Å². The van der Waals surface area contributed by atoms with Gasteiger partial charge in [0, 0.05) is 5.75 Å². The molecule has 11 nitrogen and oxygen atoms in total. The van der Waals surface area contributed by atoms with Gasteiger partial charge in [0.1, 0.15) is 18.1 Å². The second-order valence-electron chi connectivity index (χ2n) is 5.32. The molecule has 12 heteroatoms. The first-order valence-corrected chi connectivity index (χ1v) is 7.91. The summed E-state index contributed by atoms with van der Waals surface area (Å²) in [4.78, 5) is 57.1. The maximum atomic E-state index is 12.1. The van der Waals surface area contributed by atoms with Crippen molar-refractivity contribution in [1.29, 1.82) is 0 Å². The van der Waals surface area contributed by atoms with E-state index in [9.17, 15) is 24.0 Å². The van der Waals surface area contributed by atoms with Crippen molar-refractivity contribution in [3.05, 3.63) is 0 Å². The molecular weight excluding hydrogens is 354 g/mol. The molecule has 0 bridgehead atoms. The number of hydrogen-bond donors (Lipinski definition) is 7. The molecule has 0 aliphatic rings. The molecule has 0 saturated carbocycles. The van der Waals surface area contributed by atoms with Gasteiger partial charge in [0.15, 0.2) is 0 Å². The minimum atomic E-state index is -1.23. The number of nitrogens with two attached hydrogens (primary N) is 2. The van der Waals surface area contributed by atoms with Gasteiger partial charge in [-0.15, -0.1) is 0 Å². The quantitative estimate of drug-likeness (QED) is 0.194. The van der Waals surface area contributed by atoms with Gasteiger partial charge in [-0.2, -0.15) is 12.6 Å². The van der Waals surface area contributed by atoms with Crippen LogP contribution in [0.3, 0.4) is 0 Å². The third-order valence-electron chi connectivity index (χ3n) is 3.05. The molecule has 8 N–H and O–H groups in total. The fourth-order valence-electron chi connectivity index (χ4n) is 1.56. The number of carboxylic acids is 1. The van der Waals surface area contributed by atoms with E-state index in [0.29, 0.717) is 0 Å². The number of carbonyl (C=O) groups is 5. The van der Waals surface area contributed by atoms with E-state index in [1.807, 2.05) is 0 Å². The van der Waals surface area contributed by atoms with Gasteiger partial charge in [-0.1, -0.05) is 0 Å². The summed E-state index contributed by atoms with van der Waals surface area (Å²) < 4.78 is 0. The van der Waals surface area contributed by atoms with Crippen LogP contribution < -0.4 is 27.4 Å². The predicted octanol–water partition coefficient (Wildman–Crippen LogP) is -3.30. The first kappa shape index (κ1) is 22.7. The minimum absolute atomic E-state index is 0.0965. The van der Waals surface area contributed by atoms with Crippen LogP contribution in [0.15, 0.2) is 0 Å². The molecule has 0 saturated heterocycles. The van der Waals surface area contributed by atoms with Crippen LogP contribution >= 0.6 is 12.6 Å². The summed E-state index contributed by atoms with van der Waals surface area (Å²) >= 11 is 3.94. The van der Waals surface area contributed by atoms with Crippen LogP contribution in [-0.4, -0.2) is 64.6 Å². The van der Waals surface area contributed by atoms with Crippen molar-refractivity contribution in [1.82, 2.24) is 16.0 Å². The molecule has 0 aromatic rings. The van der Waals surface area contributed by atoms with Crippen molar-refractivity contribution in [3.63, 3.8) is 0 Å². The highest BCUT2D eigenvalue weighted by Gasteiger charge is 2.26. The zero-order valence-corrected chi connectivity index (χ0v) is 14.7.